The van der Waals surface area contributed by atoms with Crippen LogP contribution in [0, 0.1) is 11.3 Å². The van der Waals surface area contributed by atoms with Crippen molar-refractivity contribution in [2.24, 2.45) is 11.3 Å². The maximum Gasteiger partial charge on any atom is 0.232 e. The molecule has 1 aliphatic heterocycles. The molecule has 1 atom stereocenters. The zero-order valence-electron chi connectivity index (χ0n) is 11.1. The second-order valence-electron chi connectivity index (χ2n) is 5.77. The summed E-state index contributed by atoms with van der Waals surface area (Å²) < 4.78 is 0. The van der Waals surface area contributed by atoms with Gasteiger partial charge in [-0.25, -0.2) is 0 Å². The van der Waals surface area contributed by atoms with Crippen molar-refractivity contribution in [2.75, 3.05) is 6.54 Å². The molecule has 0 bridgehead atoms. The first kappa shape index (κ1) is 13.9. The Morgan fingerprint density at radius 1 is 1.35 bits per heavy atom. The van der Waals surface area contributed by atoms with E-state index in [0.29, 0.717) is 25.8 Å². The van der Waals surface area contributed by atoms with Crippen LogP contribution in [0.25, 0.3) is 0 Å². The van der Waals surface area contributed by atoms with Crippen molar-refractivity contribution >= 4 is 17.6 Å². The summed E-state index contributed by atoms with van der Waals surface area (Å²) in [6, 6.07) is 0. The molecular formula is C13H21NO3. The summed E-state index contributed by atoms with van der Waals surface area (Å²) in [5, 5.41) is 0. The lowest BCUT2D eigenvalue weighted by Gasteiger charge is -2.18. The van der Waals surface area contributed by atoms with Gasteiger partial charge in [0.2, 0.25) is 11.8 Å². The van der Waals surface area contributed by atoms with Crippen molar-refractivity contribution in [3.05, 3.63) is 0 Å². The van der Waals surface area contributed by atoms with Gasteiger partial charge in [-0.15, -0.1) is 0 Å². The molecule has 1 fully saturated rings. The second kappa shape index (κ2) is 4.98. The molecule has 0 saturated carbocycles. The van der Waals surface area contributed by atoms with Gasteiger partial charge in [0.15, 0.2) is 0 Å². The minimum atomic E-state index is -0.341. The molecule has 0 aromatic rings. The highest BCUT2D eigenvalue weighted by molar-refractivity contribution is 6.03. The van der Waals surface area contributed by atoms with Crippen LogP contribution < -0.4 is 0 Å². The lowest BCUT2D eigenvalue weighted by atomic mass is 9.88. The second-order valence-corrected chi connectivity index (χ2v) is 5.77. The van der Waals surface area contributed by atoms with Crippen molar-refractivity contribution in [3.8, 4) is 0 Å². The fraction of sp³-hybridized carbons (Fsp3) is 0.769. The summed E-state index contributed by atoms with van der Waals surface area (Å²) in [6.07, 6.45) is 1.31. The Morgan fingerprint density at radius 2 is 1.94 bits per heavy atom. The maximum absolute atomic E-state index is 11.7. The average molecular weight is 239 g/mol. The van der Waals surface area contributed by atoms with Crippen molar-refractivity contribution in [3.63, 3.8) is 0 Å². The normalized spacial score (nSPS) is 21.2. The number of likely N-dealkylation sites (tertiary alicyclic amines) is 1. The third-order valence-electron chi connectivity index (χ3n) is 3.09. The van der Waals surface area contributed by atoms with E-state index in [1.165, 1.54) is 4.90 Å². The van der Waals surface area contributed by atoms with Crippen LogP contribution in [0.3, 0.4) is 0 Å². The van der Waals surface area contributed by atoms with Crippen molar-refractivity contribution < 1.29 is 14.4 Å². The molecule has 2 amide bonds. The van der Waals surface area contributed by atoms with Gasteiger partial charge in [-0.05, 0) is 6.42 Å². The minimum Gasteiger partial charge on any atom is -0.299 e. The molecule has 17 heavy (non-hydrogen) atoms. The zero-order valence-corrected chi connectivity index (χ0v) is 11.1. The highest BCUT2D eigenvalue weighted by atomic mass is 16.2. The molecule has 4 nitrogen and oxygen atoms in total. The van der Waals surface area contributed by atoms with Gasteiger partial charge in [0.25, 0.3) is 0 Å². The highest BCUT2D eigenvalue weighted by Crippen LogP contribution is 2.21. The average Bonchev–Trinajstić information content (AvgIpc) is 2.42. The van der Waals surface area contributed by atoms with Crippen LogP contribution in [-0.2, 0) is 14.4 Å². The Balaban J connectivity index is 2.40. The van der Waals surface area contributed by atoms with Gasteiger partial charge >= 0.3 is 0 Å². The molecule has 1 aliphatic rings. The number of carbonyl (C=O) groups excluding carboxylic acids is 3. The molecule has 4 heteroatoms. The predicted molar refractivity (Wildman–Crippen MR) is 64.2 cm³/mol. The number of rotatable bonds is 4. The maximum atomic E-state index is 11.7. The van der Waals surface area contributed by atoms with E-state index in [2.05, 4.69) is 0 Å². The Kier molecular flexibility index (Phi) is 4.07. The van der Waals surface area contributed by atoms with E-state index < -0.39 is 0 Å². The van der Waals surface area contributed by atoms with Gasteiger partial charge in [-0.1, -0.05) is 27.7 Å². The van der Waals surface area contributed by atoms with E-state index in [-0.39, 0.29) is 28.9 Å². The van der Waals surface area contributed by atoms with Crippen LogP contribution in [-0.4, -0.2) is 29.0 Å². The topological polar surface area (TPSA) is 54.5 Å². The number of carbonyl (C=O) groups is 3. The molecule has 1 saturated heterocycles. The molecular weight excluding hydrogens is 218 g/mol. The Labute approximate surface area is 102 Å². The third kappa shape index (κ3) is 3.38. The first-order valence-corrected chi connectivity index (χ1v) is 6.11. The summed E-state index contributed by atoms with van der Waals surface area (Å²) >= 11 is 0. The van der Waals surface area contributed by atoms with Crippen LogP contribution in [0.1, 0.15) is 47.0 Å². The molecule has 1 heterocycles. The van der Waals surface area contributed by atoms with E-state index in [9.17, 15) is 14.4 Å². The fourth-order valence-electron chi connectivity index (χ4n) is 1.86. The van der Waals surface area contributed by atoms with Crippen molar-refractivity contribution in [2.45, 2.75) is 47.0 Å². The van der Waals surface area contributed by atoms with E-state index in [0.717, 1.165) is 0 Å². The van der Waals surface area contributed by atoms with Gasteiger partial charge in [0.1, 0.15) is 5.78 Å². The largest absolute Gasteiger partial charge is 0.299 e. The highest BCUT2D eigenvalue weighted by Gasteiger charge is 2.35. The quantitative estimate of drug-likeness (QED) is 0.703. The predicted octanol–water partition coefficient (Wildman–Crippen LogP) is 1.78. The summed E-state index contributed by atoms with van der Waals surface area (Å²) in [4.78, 5) is 36.1. The van der Waals surface area contributed by atoms with Crippen LogP contribution in [0.4, 0.5) is 0 Å². The van der Waals surface area contributed by atoms with Crippen LogP contribution in [0.5, 0.6) is 0 Å². The van der Waals surface area contributed by atoms with Gasteiger partial charge in [0, 0.05) is 30.7 Å². The van der Waals surface area contributed by atoms with Crippen LogP contribution in [0.15, 0.2) is 0 Å². The van der Waals surface area contributed by atoms with Crippen LogP contribution >= 0.6 is 0 Å². The molecule has 0 aliphatic carbocycles. The molecule has 96 valence electrons. The Hall–Kier alpha value is -1.19. The molecule has 0 N–H and O–H groups in total. The zero-order chi connectivity index (χ0) is 13.2. The smallest absolute Gasteiger partial charge is 0.232 e. The molecule has 0 radical (unpaired) electrons. The summed E-state index contributed by atoms with van der Waals surface area (Å²) in [7, 11) is 0. The third-order valence-corrected chi connectivity index (χ3v) is 3.09. The molecule has 0 spiro atoms. The SMILES string of the molecule is CC1CC(=O)N(CCCC(=O)C(C)(C)C)C1=O. The summed E-state index contributed by atoms with van der Waals surface area (Å²) in [5.74, 6) is -0.227. The first-order valence-electron chi connectivity index (χ1n) is 6.11. The van der Waals surface area contributed by atoms with E-state index in [1.807, 2.05) is 20.8 Å². The number of ketones is 1. The van der Waals surface area contributed by atoms with Gasteiger partial charge < -0.3 is 0 Å². The van der Waals surface area contributed by atoms with Gasteiger partial charge in [-0.3, -0.25) is 19.3 Å². The fourth-order valence-corrected chi connectivity index (χ4v) is 1.86. The minimum absolute atomic E-state index is 0.0989. The lowest BCUT2D eigenvalue weighted by Crippen LogP contribution is -2.32. The molecule has 1 unspecified atom stereocenters. The van der Waals surface area contributed by atoms with E-state index in [1.54, 1.807) is 6.92 Å². The standard InChI is InChI=1S/C13H21NO3/c1-9-8-11(16)14(12(9)17)7-5-6-10(15)13(2,3)4/h9H,5-8H2,1-4H3. The number of Topliss-reactive ketones (excluding diaryl/α,β-unsaturated/α-hetero) is 1. The number of imide groups is 1. The Bertz CT molecular complexity index is 341. The van der Waals surface area contributed by atoms with Crippen molar-refractivity contribution in [1.29, 1.82) is 0 Å². The monoisotopic (exact) mass is 239 g/mol. The number of hydrogen-bond donors (Lipinski definition) is 0. The van der Waals surface area contributed by atoms with E-state index >= 15 is 0 Å². The number of nitrogens with zero attached hydrogens (tertiary/aromatic N) is 1. The van der Waals surface area contributed by atoms with Gasteiger partial charge in [0.05, 0.1) is 0 Å². The summed E-state index contributed by atoms with van der Waals surface area (Å²) in [5.41, 5.74) is -0.341. The molecule has 0 aromatic heterocycles. The van der Waals surface area contributed by atoms with E-state index in [4.69, 9.17) is 0 Å². The molecule has 0 aromatic carbocycles. The summed E-state index contributed by atoms with van der Waals surface area (Å²) in [6.45, 7) is 7.78. The number of amides is 2. The Morgan fingerprint density at radius 3 is 2.35 bits per heavy atom. The lowest BCUT2D eigenvalue weighted by molar-refractivity contribution is -0.139. The molecule has 1 rings (SSSR count). The first-order chi connectivity index (χ1) is 7.73. The van der Waals surface area contributed by atoms with Crippen LogP contribution in [0.2, 0.25) is 0 Å². The van der Waals surface area contributed by atoms with Gasteiger partial charge in [-0.2, -0.15) is 0 Å². The van der Waals surface area contributed by atoms with Crippen molar-refractivity contribution in [1.82, 2.24) is 4.90 Å². The number of hydrogen-bond acceptors (Lipinski definition) is 3.